The zero-order valence-electron chi connectivity index (χ0n) is 13.1. The molecule has 118 valence electrons. The van der Waals surface area contributed by atoms with Crippen LogP contribution >= 0.6 is 0 Å². The molecule has 3 heterocycles. The first-order chi connectivity index (χ1) is 11.2. The molecule has 0 radical (unpaired) electrons. The molecule has 1 aliphatic rings. The van der Waals surface area contributed by atoms with Crippen molar-refractivity contribution in [2.45, 2.75) is 24.7 Å². The second kappa shape index (κ2) is 5.91. The van der Waals surface area contributed by atoms with Crippen molar-refractivity contribution in [3.63, 3.8) is 0 Å². The topological polar surface area (TPSA) is 49.0 Å². The summed E-state index contributed by atoms with van der Waals surface area (Å²) < 4.78 is 14.6. The van der Waals surface area contributed by atoms with E-state index < -0.39 is 11.0 Å². The Morgan fingerprint density at radius 3 is 2.61 bits per heavy atom. The molecule has 1 N–H and O–H groups in total. The van der Waals surface area contributed by atoms with E-state index in [9.17, 15) is 4.21 Å². The van der Waals surface area contributed by atoms with Gasteiger partial charge in [-0.25, -0.2) is 13.5 Å². The Morgan fingerprint density at radius 1 is 1.13 bits per heavy atom. The zero-order valence-corrected chi connectivity index (χ0v) is 13.9. The second-order valence-electron chi connectivity index (χ2n) is 5.98. The number of rotatable bonds is 3. The molecule has 5 heteroatoms. The van der Waals surface area contributed by atoms with Gasteiger partial charge in [0.05, 0.1) is 4.90 Å². The molecule has 4 rings (SSSR count). The van der Waals surface area contributed by atoms with E-state index in [1.54, 1.807) is 0 Å². The predicted molar refractivity (Wildman–Crippen MR) is 93.5 cm³/mol. The molecule has 1 unspecified atom stereocenters. The van der Waals surface area contributed by atoms with Crippen LogP contribution in [0.3, 0.4) is 0 Å². The normalized spacial score (nSPS) is 16.9. The highest BCUT2D eigenvalue weighted by Crippen LogP contribution is 2.29. The molecular formula is C18H19N3OS. The first-order valence-corrected chi connectivity index (χ1v) is 9.05. The van der Waals surface area contributed by atoms with Gasteiger partial charge in [-0.15, -0.1) is 0 Å². The number of fused-ring (bicyclic) bond motifs is 1. The number of H-pyrrole nitrogens is 1. The third-order valence-corrected chi connectivity index (χ3v) is 5.84. The van der Waals surface area contributed by atoms with Gasteiger partial charge in [0.25, 0.3) is 0 Å². The van der Waals surface area contributed by atoms with Gasteiger partial charge in [0.2, 0.25) is 0 Å². The first kappa shape index (κ1) is 14.6. The van der Waals surface area contributed by atoms with Crippen molar-refractivity contribution >= 4 is 22.0 Å². The zero-order chi connectivity index (χ0) is 15.8. The van der Waals surface area contributed by atoms with E-state index in [0.717, 1.165) is 58.7 Å². The number of hydrogen-bond donors (Lipinski definition) is 1. The standard InChI is InChI=1S/C18H19N3OS/c1-13-12-17-16(8-9-19-18(17)20-13)14-4-6-15(7-5-14)23(22)21-10-2-3-11-21/h4-9,12H,2-3,10-11H2,1H3,(H,19,20). The van der Waals surface area contributed by atoms with Gasteiger partial charge in [-0.3, -0.25) is 0 Å². The van der Waals surface area contributed by atoms with Crippen molar-refractivity contribution in [2.75, 3.05) is 13.1 Å². The summed E-state index contributed by atoms with van der Waals surface area (Å²) in [6.45, 7) is 3.90. The summed E-state index contributed by atoms with van der Waals surface area (Å²) in [7, 11) is -1.03. The first-order valence-electron chi connectivity index (χ1n) is 7.94. The number of nitrogens with zero attached hydrogens (tertiary/aromatic N) is 2. The number of benzene rings is 1. The van der Waals surface area contributed by atoms with Gasteiger partial charge in [-0.2, -0.15) is 0 Å². The highest BCUT2D eigenvalue weighted by Gasteiger charge is 2.19. The highest BCUT2D eigenvalue weighted by atomic mass is 32.2. The van der Waals surface area contributed by atoms with Crippen LogP contribution in [0.15, 0.2) is 47.5 Å². The van der Waals surface area contributed by atoms with Crippen molar-refractivity contribution in [1.82, 2.24) is 14.3 Å². The minimum Gasteiger partial charge on any atom is -0.344 e. The highest BCUT2D eigenvalue weighted by molar-refractivity contribution is 7.82. The lowest BCUT2D eigenvalue weighted by Gasteiger charge is -2.14. The van der Waals surface area contributed by atoms with E-state index in [-0.39, 0.29) is 0 Å². The van der Waals surface area contributed by atoms with Crippen molar-refractivity contribution < 1.29 is 4.21 Å². The van der Waals surface area contributed by atoms with E-state index in [1.807, 2.05) is 31.3 Å². The van der Waals surface area contributed by atoms with Crippen LogP contribution in [0.1, 0.15) is 18.5 Å². The van der Waals surface area contributed by atoms with Crippen molar-refractivity contribution in [1.29, 1.82) is 0 Å². The molecule has 0 aliphatic carbocycles. The van der Waals surface area contributed by atoms with Gasteiger partial charge in [0.15, 0.2) is 0 Å². The maximum absolute atomic E-state index is 12.5. The average Bonchev–Trinajstić information content (AvgIpc) is 3.22. The Bertz CT molecular complexity index is 864. The smallest absolute Gasteiger partial charge is 0.138 e. The Kier molecular flexibility index (Phi) is 3.75. The number of pyridine rings is 1. The minimum absolute atomic E-state index is 0.881. The van der Waals surface area contributed by atoms with Crippen molar-refractivity contribution in [2.24, 2.45) is 0 Å². The van der Waals surface area contributed by atoms with Gasteiger partial charge in [0, 0.05) is 30.4 Å². The quantitative estimate of drug-likeness (QED) is 0.799. The number of hydrogen-bond acceptors (Lipinski definition) is 2. The summed E-state index contributed by atoms with van der Waals surface area (Å²) in [5.41, 5.74) is 4.29. The number of aryl methyl sites for hydroxylation is 1. The van der Waals surface area contributed by atoms with Crippen LogP contribution in [0, 0.1) is 6.92 Å². The summed E-state index contributed by atoms with van der Waals surface area (Å²) in [6.07, 6.45) is 4.11. The fraction of sp³-hybridized carbons (Fsp3) is 0.278. The minimum atomic E-state index is -1.03. The Balaban J connectivity index is 1.68. The molecule has 1 saturated heterocycles. The monoisotopic (exact) mass is 325 g/mol. The van der Waals surface area contributed by atoms with Crippen LogP contribution in [0.2, 0.25) is 0 Å². The van der Waals surface area contributed by atoms with E-state index >= 15 is 0 Å². The Morgan fingerprint density at radius 2 is 1.87 bits per heavy atom. The molecule has 0 saturated carbocycles. The van der Waals surface area contributed by atoms with Gasteiger partial charge >= 0.3 is 0 Å². The summed E-state index contributed by atoms with van der Waals surface area (Å²) in [4.78, 5) is 8.53. The maximum atomic E-state index is 12.5. The van der Waals surface area contributed by atoms with Gasteiger partial charge in [-0.1, -0.05) is 12.1 Å². The molecular weight excluding hydrogens is 306 g/mol. The number of aromatic nitrogens is 2. The lowest BCUT2D eigenvalue weighted by atomic mass is 10.0. The summed E-state index contributed by atoms with van der Waals surface area (Å²) in [5.74, 6) is 0. The molecule has 3 aromatic rings. The Hall–Kier alpha value is -1.98. The maximum Gasteiger partial charge on any atom is 0.138 e. The molecule has 1 aromatic carbocycles. The molecule has 0 spiro atoms. The van der Waals surface area contributed by atoms with Crippen molar-refractivity contribution in [3.05, 3.63) is 48.3 Å². The molecule has 2 aromatic heterocycles. The molecule has 1 fully saturated rings. The van der Waals surface area contributed by atoms with Crippen LogP contribution in [0.5, 0.6) is 0 Å². The predicted octanol–water partition coefficient (Wildman–Crippen LogP) is 3.66. The van der Waals surface area contributed by atoms with E-state index in [1.165, 1.54) is 0 Å². The second-order valence-corrected chi connectivity index (χ2v) is 7.47. The third kappa shape index (κ3) is 2.71. The number of aromatic amines is 1. The SMILES string of the molecule is Cc1cc2c(-c3ccc(S(=O)N4CCCC4)cc3)ccnc2[nH]1. The van der Waals surface area contributed by atoms with Gasteiger partial charge in [0.1, 0.15) is 16.6 Å². The third-order valence-electron chi connectivity index (χ3n) is 4.33. The van der Waals surface area contributed by atoms with E-state index in [2.05, 4.69) is 32.5 Å². The van der Waals surface area contributed by atoms with Crippen LogP contribution in [-0.2, 0) is 11.0 Å². The van der Waals surface area contributed by atoms with Gasteiger partial charge in [-0.05, 0) is 55.2 Å². The van der Waals surface area contributed by atoms with Crippen LogP contribution in [0.4, 0.5) is 0 Å². The molecule has 23 heavy (non-hydrogen) atoms. The molecule has 0 amide bonds. The van der Waals surface area contributed by atoms with Crippen LogP contribution < -0.4 is 0 Å². The molecule has 0 bridgehead atoms. The lowest BCUT2D eigenvalue weighted by molar-refractivity contribution is 0.536. The fourth-order valence-electron chi connectivity index (χ4n) is 3.16. The van der Waals surface area contributed by atoms with Gasteiger partial charge < -0.3 is 4.98 Å². The summed E-state index contributed by atoms with van der Waals surface area (Å²) in [5, 5.41) is 1.12. The summed E-state index contributed by atoms with van der Waals surface area (Å²) in [6, 6.07) is 12.2. The summed E-state index contributed by atoms with van der Waals surface area (Å²) >= 11 is 0. The molecule has 1 aliphatic heterocycles. The van der Waals surface area contributed by atoms with Crippen LogP contribution in [-0.4, -0.2) is 31.6 Å². The largest absolute Gasteiger partial charge is 0.344 e. The lowest BCUT2D eigenvalue weighted by Crippen LogP contribution is -2.21. The molecule has 4 nitrogen and oxygen atoms in total. The van der Waals surface area contributed by atoms with Crippen LogP contribution in [0.25, 0.3) is 22.2 Å². The average molecular weight is 325 g/mol. The van der Waals surface area contributed by atoms with E-state index in [4.69, 9.17) is 0 Å². The number of nitrogens with one attached hydrogen (secondary N) is 1. The van der Waals surface area contributed by atoms with E-state index in [0.29, 0.717) is 0 Å². The fourth-order valence-corrected chi connectivity index (χ4v) is 4.42. The van der Waals surface area contributed by atoms with Crippen molar-refractivity contribution in [3.8, 4) is 11.1 Å². The Labute approximate surface area is 138 Å². The molecule has 1 atom stereocenters.